The Morgan fingerprint density at radius 1 is 0.750 bits per heavy atom. The predicted molar refractivity (Wildman–Crippen MR) is 87.9 cm³/mol. The van der Waals surface area contributed by atoms with Crippen LogP contribution in [0.1, 0.15) is 11.1 Å². The Morgan fingerprint density at radius 3 is 2.30 bits per heavy atom. The number of hydrogen-bond acceptors (Lipinski definition) is 1. The monoisotopic (exact) mass is 261 g/mol. The van der Waals surface area contributed by atoms with Crippen LogP contribution in [0.15, 0.2) is 60.7 Å². The summed E-state index contributed by atoms with van der Waals surface area (Å²) in [6, 6.07) is 21.6. The third kappa shape index (κ3) is 2.16. The van der Waals surface area contributed by atoms with Gasteiger partial charge < -0.3 is 4.90 Å². The van der Waals surface area contributed by atoms with Crippen LogP contribution in [0.25, 0.3) is 10.8 Å². The molecule has 0 atom stereocenters. The van der Waals surface area contributed by atoms with E-state index in [1.807, 2.05) is 0 Å². The zero-order chi connectivity index (χ0) is 14.1. The first-order valence-electron chi connectivity index (χ1n) is 6.95. The van der Waals surface area contributed by atoms with Gasteiger partial charge in [-0.3, -0.25) is 0 Å². The molecule has 0 aliphatic heterocycles. The highest BCUT2D eigenvalue weighted by Gasteiger charge is 2.09. The lowest BCUT2D eigenvalue weighted by atomic mass is 10.1. The molecule has 0 aliphatic rings. The van der Waals surface area contributed by atoms with Crippen molar-refractivity contribution in [2.75, 3.05) is 11.9 Å². The number of rotatable bonds is 2. The summed E-state index contributed by atoms with van der Waals surface area (Å²) in [7, 11) is 2.14. The van der Waals surface area contributed by atoms with Gasteiger partial charge in [0.15, 0.2) is 0 Å². The third-order valence-corrected chi connectivity index (χ3v) is 3.84. The van der Waals surface area contributed by atoms with E-state index in [0.29, 0.717) is 0 Å². The van der Waals surface area contributed by atoms with E-state index in [2.05, 4.69) is 86.5 Å². The molecule has 20 heavy (non-hydrogen) atoms. The normalized spacial score (nSPS) is 10.8. The van der Waals surface area contributed by atoms with Crippen molar-refractivity contribution < 1.29 is 0 Å². The Bertz CT molecular complexity index is 753. The van der Waals surface area contributed by atoms with E-state index >= 15 is 0 Å². The second-order valence-electron chi connectivity index (χ2n) is 5.35. The maximum atomic E-state index is 2.27. The van der Waals surface area contributed by atoms with Crippen LogP contribution in [0.4, 0.5) is 11.4 Å². The van der Waals surface area contributed by atoms with Crippen LogP contribution in [-0.4, -0.2) is 7.05 Å². The van der Waals surface area contributed by atoms with Gasteiger partial charge in [-0.1, -0.05) is 54.1 Å². The van der Waals surface area contributed by atoms with Crippen LogP contribution in [0.3, 0.4) is 0 Å². The van der Waals surface area contributed by atoms with Gasteiger partial charge in [0.1, 0.15) is 0 Å². The van der Waals surface area contributed by atoms with E-state index in [-0.39, 0.29) is 0 Å². The first-order valence-corrected chi connectivity index (χ1v) is 6.95. The van der Waals surface area contributed by atoms with Crippen LogP contribution >= 0.6 is 0 Å². The Balaban J connectivity index is 2.15. The lowest BCUT2D eigenvalue weighted by Crippen LogP contribution is -2.11. The van der Waals surface area contributed by atoms with E-state index in [0.717, 1.165) is 0 Å². The number of benzene rings is 3. The minimum absolute atomic E-state index is 1.25. The highest BCUT2D eigenvalue weighted by Crippen LogP contribution is 2.32. The first kappa shape index (κ1) is 12.7. The maximum Gasteiger partial charge on any atom is 0.0487 e. The number of anilines is 2. The van der Waals surface area contributed by atoms with Crippen molar-refractivity contribution >= 4 is 22.1 Å². The summed E-state index contributed by atoms with van der Waals surface area (Å²) in [5.41, 5.74) is 5.11. The van der Waals surface area contributed by atoms with E-state index in [9.17, 15) is 0 Å². The summed E-state index contributed by atoms with van der Waals surface area (Å²) in [6.45, 7) is 4.30. The summed E-state index contributed by atoms with van der Waals surface area (Å²) in [4.78, 5) is 2.27. The Hall–Kier alpha value is -2.28. The molecule has 3 aromatic carbocycles. The summed E-state index contributed by atoms with van der Waals surface area (Å²) in [5, 5.41) is 2.57. The number of aryl methyl sites for hydroxylation is 2. The lowest BCUT2D eigenvalue weighted by Gasteiger charge is -2.23. The van der Waals surface area contributed by atoms with Crippen molar-refractivity contribution in [1.29, 1.82) is 0 Å². The van der Waals surface area contributed by atoms with Gasteiger partial charge in [0.05, 0.1) is 0 Å². The SMILES string of the molecule is Cc1ccc(N(C)c2cccc3ccccc23)c(C)c1. The van der Waals surface area contributed by atoms with Gasteiger partial charge in [0.25, 0.3) is 0 Å². The molecule has 0 fully saturated rings. The van der Waals surface area contributed by atoms with Gasteiger partial charge in [-0.05, 0) is 36.9 Å². The van der Waals surface area contributed by atoms with Crippen LogP contribution in [0.5, 0.6) is 0 Å². The van der Waals surface area contributed by atoms with Crippen molar-refractivity contribution in [2.45, 2.75) is 13.8 Å². The third-order valence-electron chi connectivity index (χ3n) is 3.84. The summed E-state index contributed by atoms with van der Waals surface area (Å²) in [6.07, 6.45) is 0. The van der Waals surface area contributed by atoms with Crippen molar-refractivity contribution in [3.8, 4) is 0 Å². The van der Waals surface area contributed by atoms with Crippen molar-refractivity contribution in [1.82, 2.24) is 0 Å². The van der Waals surface area contributed by atoms with E-state index in [1.54, 1.807) is 0 Å². The predicted octanol–water partition coefficient (Wildman–Crippen LogP) is 5.22. The molecule has 0 unspecified atom stereocenters. The maximum absolute atomic E-state index is 2.27. The van der Waals surface area contributed by atoms with Gasteiger partial charge in [-0.2, -0.15) is 0 Å². The molecule has 3 rings (SSSR count). The molecule has 0 bridgehead atoms. The van der Waals surface area contributed by atoms with Crippen LogP contribution in [-0.2, 0) is 0 Å². The van der Waals surface area contributed by atoms with Gasteiger partial charge in [-0.25, -0.2) is 0 Å². The van der Waals surface area contributed by atoms with Crippen LogP contribution < -0.4 is 4.90 Å². The molecule has 100 valence electrons. The van der Waals surface area contributed by atoms with Gasteiger partial charge in [-0.15, -0.1) is 0 Å². The molecular weight excluding hydrogens is 242 g/mol. The number of hydrogen-bond donors (Lipinski definition) is 0. The quantitative estimate of drug-likeness (QED) is 0.611. The smallest absolute Gasteiger partial charge is 0.0487 e. The molecule has 0 saturated carbocycles. The Kier molecular flexibility index (Phi) is 3.19. The summed E-state index contributed by atoms with van der Waals surface area (Å²) >= 11 is 0. The lowest BCUT2D eigenvalue weighted by molar-refractivity contribution is 1.19. The van der Waals surface area contributed by atoms with Gasteiger partial charge in [0.2, 0.25) is 0 Å². The van der Waals surface area contributed by atoms with Crippen molar-refractivity contribution in [3.05, 3.63) is 71.8 Å². The van der Waals surface area contributed by atoms with E-state index < -0.39 is 0 Å². The highest BCUT2D eigenvalue weighted by atomic mass is 15.1. The molecule has 0 radical (unpaired) electrons. The van der Waals surface area contributed by atoms with E-state index in [1.165, 1.54) is 33.3 Å². The molecule has 0 aromatic heterocycles. The zero-order valence-corrected chi connectivity index (χ0v) is 12.2. The number of fused-ring (bicyclic) bond motifs is 1. The molecule has 0 amide bonds. The molecule has 0 aliphatic carbocycles. The van der Waals surface area contributed by atoms with Crippen molar-refractivity contribution in [2.24, 2.45) is 0 Å². The zero-order valence-electron chi connectivity index (χ0n) is 12.2. The van der Waals surface area contributed by atoms with Crippen LogP contribution in [0, 0.1) is 13.8 Å². The molecule has 1 heteroatoms. The topological polar surface area (TPSA) is 3.24 Å². The largest absolute Gasteiger partial charge is 0.344 e. The average molecular weight is 261 g/mol. The fourth-order valence-electron chi connectivity index (χ4n) is 2.81. The standard InChI is InChI=1S/C19H19N/c1-14-11-12-18(15(2)13-14)20(3)19-10-6-8-16-7-4-5-9-17(16)19/h4-13H,1-3H3. The molecule has 0 saturated heterocycles. The van der Waals surface area contributed by atoms with Gasteiger partial charge >= 0.3 is 0 Å². The van der Waals surface area contributed by atoms with Gasteiger partial charge in [0, 0.05) is 23.8 Å². The Labute approximate surface area is 120 Å². The summed E-state index contributed by atoms with van der Waals surface area (Å²) < 4.78 is 0. The summed E-state index contributed by atoms with van der Waals surface area (Å²) in [5.74, 6) is 0. The highest BCUT2D eigenvalue weighted by molar-refractivity contribution is 5.96. The van der Waals surface area contributed by atoms with Crippen LogP contribution in [0.2, 0.25) is 0 Å². The molecular formula is C19H19N. The molecule has 3 aromatic rings. The minimum Gasteiger partial charge on any atom is -0.344 e. The Morgan fingerprint density at radius 2 is 1.50 bits per heavy atom. The second kappa shape index (κ2) is 5.01. The number of nitrogens with zero attached hydrogens (tertiary/aromatic N) is 1. The molecule has 0 spiro atoms. The average Bonchev–Trinajstić information content (AvgIpc) is 2.46. The second-order valence-corrected chi connectivity index (χ2v) is 5.35. The molecule has 0 heterocycles. The minimum atomic E-state index is 1.25. The molecule has 1 nitrogen and oxygen atoms in total. The fourth-order valence-corrected chi connectivity index (χ4v) is 2.81. The fraction of sp³-hybridized carbons (Fsp3) is 0.158. The van der Waals surface area contributed by atoms with Crippen molar-refractivity contribution in [3.63, 3.8) is 0 Å². The first-order chi connectivity index (χ1) is 9.66. The molecule has 0 N–H and O–H groups in total. The van der Waals surface area contributed by atoms with E-state index in [4.69, 9.17) is 0 Å².